The van der Waals surface area contributed by atoms with Crippen molar-refractivity contribution in [3.63, 3.8) is 0 Å². The third-order valence-corrected chi connectivity index (χ3v) is 6.47. The van der Waals surface area contributed by atoms with Gasteiger partial charge in [0.1, 0.15) is 16.9 Å². The molecule has 3 N–H and O–H groups in total. The van der Waals surface area contributed by atoms with Crippen LogP contribution in [-0.2, 0) is 11.3 Å². The van der Waals surface area contributed by atoms with Gasteiger partial charge in [-0.05, 0) is 45.1 Å². The molecule has 10 nitrogen and oxygen atoms in total. The number of imidazole rings is 1. The highest BCUT2D eigenvalue weighted by atomic mass is 19.3. The van der Waals surface area contributed by atoms with Gasteiger partial charge >= 0.3 is 0 Å². The van der Waals surface area contributed by atoms with Crippen LogP contribution in [0.15, 0.2) is 24.4 Å². The summed E-state index contributed by atoms with van der Waals surface area (Å²) in [6, 6.07) is 5.58. The third kappa shape index (κ3) is 5.50. The van der Waals surface area contributed by atoms with Gasteiger partial charge in [0.15, 0.2) is 11.5 Å². The van der Waals surface area contributed by atoms with Gasteiger partial charge < -0.3 is 25.3 Å². The molecule has 0 radical (unpaired) electrons. The number of likely N-dealkylation sites (tertiary alicyclic amines) is 1. The van der Waals surface area contributed by atoms with Crippen molar-refractivity contribution in [2.75, 3.05) is 44.4 Å². The molecule has 4 aromatic rings. The number of pyridine rings is 1. The zero-order valence-corrected chi connectivity index (χ0v) is 21.0. The lowest BCUT2D eigenvalue weighted by molar-refractivity contribution is -0.0571. The van der Waals surface area contributed by atoms with Crippen molar-refractivity contribution in [3.05, 3.63) is 30.2 Å². The molecule has 0 atom stereocenters. The van der Waals surface area contributed by atoms with Gasteiger partial charge in [0.25, 0.3) is 12.3 Å². The van der Waals surface area contributed by atoms with Crippen LogP contribution in [-0.4, -0.2) is 85.8 Å². The Morgan fingerprint density at radius 3 is 2.61 bits per heavy atom. The van der Waals surface area contributed by atoms with Crippen LogP contribution in [0.1, 0.15) is 18.7 Å². The van der Waals surface area contributed by atoms with Gasteiger partial charge in [-0.2, -0.15) is 4.98 Å². The highest BCUT2D eigenvalue weighted by molar-refractivity contribution is 5.89. The van der Waals surface area contributed by atoms with Crippen LogP contribution in [0.25, 0.3) is 27.9 Å². The topological polar surface area (TPSA) is 111 Å². The molecule has 2 fully saturated rings. The van der Waals surface area contributed by atoms with Crippen LogP contribution in [0.4, 0.5) is 29.3 Å². The minimum atomic E-state index is -2.50. The average Bonchev–Trinajstić information content (AvgIpc) is 3.36. The van der Waals surface area contributed by atoms with Gasteiger partial charge in [-0.1, -0.05) is 0 Å². The largest absolute Gasteiger partial charge is 0.377 e. The fraction of sp³-hybridized carbons (Fsp3) is 0.500. The minimum absolute atomic E-state index is 0.0625. The number of anilines is 2. The Morgan fingerprint density at radius 1 is 1.18 bits per heavy atom. The quantitative estimate of drug-likeness (QED) is 0.374. The number of fused-ring (bicyclic) bond motifs is 2. The summed E-state index contributed by atoms with van der Waals surface area (Å²) in [5.41, 5.74) is 8.90. The van der Waals surface area contributed by atoms with Gasteiger partial charge in [-0.15, -0.1) is 5.10 Å². The number of nitrogen functional groups attached to an aromatic ring is 1. The zero-order chi connectivity index (χ0) is 27.0. The second-order valence-electron chi connectivity index (χ2n) is 9.62. The van der Waals surface area contributed by atoms with Crippen molar-refractivity contribution in [3.8, 4) is 11.3 Å². The number of nitrogens with one attached hydrogen (secondary N) is 1. The maximum Gasteiger partial charge on any atom is 0.260 e. The van der Waals surface area contributed by atoms with Crippen LogP contribution in [0.2, 0.25) is 0 Å². The molecule has 38 heavy (non-hydrogen) atoms. The van der Waals surface area contributed by atoms with Crippen molar-refractivity contribution >= 4 is 28.4 Å². The van der Waals surface area contributed by atoms with Crippen LogP contribution in [0.3, 0.4) is 0 Å². The summed E-state index contributed by atoms with van der Waals surface area (Å²) in [6.45, 7) is 3.16. The monoisotopic (exact) mass is 535 g/mol. The van der Waals surface area contributed by atoms with E-state index in [1.165, 1.54) is 4.57 Å². The standard InChI is InChI=1S/C18H18F2N8O.C6H11F2N/c1-9-22-13-3-2-12(24-17(13)27(9)6-14(19)20)11-4-5-28-15(11)16(25-18(21)26-28)23-10-7-29-8-10;1-9-4-2-3-6(7,8)5-9/h2-5,10,14H,6-8H2,1H3,(H3,21,23,25,26);2-5H2,1H3. The molecule has 204 valence electrons. The highest BCUT2D eigenvalue weighted by Crippen LogP contribution is 2.31. The first-order valence-electron chi connectivity index (χ1n) is 12.3. The number of halogens is 4. The summed E-state index contributed by atoms with van der Waals surface area (Å²) in [7, 11) is 1.73. The molecule has 6 rings (SSSR count). The predicted octanol–water partition coefficient (Wildman–Crippen LogP) is 3.45. The number of piperidine rings is 1. The summed E-state index contributed by atoms with van der Waals surface area (Å²) >= 11 is 0. The van der Waals surface area contributed by atoms with E-state index in [0.717, 1.165) is 12.1 Å². The zero-order valence-electron chi connectivity index (χ0n) is 21.0. The number of nitrogens with zero attached hydrogens (tertiary/aromatic N) is 7. The number of alkyl halides is 4. The summed E-state index contributed by atoms with van der Waals surface area (Å²) < 4.78 is 59.1. The molecule has 14 heteroatoms. The van der Waals surface area contributed by atoms with Crippen molar-refractivity contribution in [2.45, 2.75) is 44.7 Å². The first-order valence-corrected chi connectivity index (χ1v) is 12.3. The van der Waals surface area contributed by atoms with E-state index in [1.807, 2.05) is 12.1 Å². The Bertz CT molecular complexity index is 1430. The van der Waals surface area contributed by atoms with E-state index in [9.17, 15) is 17.6 Å². The van der Waals surface area contributed by atoms with Crippen LogP contribution in [0.5, 0.6) is 0 Å². The van der Waals surface area contributed by atoms with E-state index < -0.39 is 18.9 Å². The molecule has 2 aliphatic rings. The van der Waals surface area contributed by atoms with Gasteiger partial charge in [0.05, 0.1) is 38.0 Å². The van der Waals surface area contributed by atoms with Crippen molar-refractivity contribution < 1.29 is 22.3 Å². The SMILES string of the molecule is CN1CCCC(F)(F)C1.Cc1nc2ccc(-c3ccn4nc(N)nc(NC5COC5)c34)nc2n1CC(F)F. The number of hydrogen-bond donors (Lipinski definition) is 2. The van der Waals surface area contributed by atoms with Crippen LogP contribution < -0.4 is 11.1 Å². The molecule has 0 unspecified atom stereocenters. The first kappa shape index (κ1) is 26.1. The second-order valence-corrected chi connectivity index (χ2v) is 9.62. The van der Waals surface area contributed by atoms with Crippen LogP contribution in [0, 0.1) is 6.92 Å². The average molecular weight is 536 g/mol. The van der Waals surface area contributed by atoms with E-state index in [4.69, 9.17) is 10.5 Å². The van der Waals surface area contributed by atoms with E-state index in [2.05, 4.69) is 25.4 Å². The van der Waals surface area contributed by atoms with E-state index in [1.54, 1.807) is 35.6 Å². The Morgan fingerprint density at radius 2 is 1.97 bits per heavy atom. The number of ether oxygens (including phenoxy) is 1. The maximum absolute atomic E-state index is 13.0. The molecule has 4 aromatic heterocycles. The molecule has 6 heterocycles. The van der Waals surface area contributed by atoms with Crippen molar-refractivity contribution in [1.82, 2.24) is 34.0 Å². The molecule has 0 saturated carbocycles. The van der Waals surface area contributed by atoms with E-state index in [-0.39, 0.29) is 25.0 Å². The molecule has 2 saturated heterocycles. The summed E-state index contributed by atoms with van der Waals surface area (Å²) in [6.07, 6.45) is -0.0386. The van der Waals surface area contributed by atoms with Gasteiger partial charge in [-0.3, -0.25) is 0 Å². The molecule has 0 aromatic carbocycles. The normalized spacial score (nSPS) is 18.0. The summed E-state index contributed by atoms with van der Waals surface area (Å²) in [5, 5.41) is 7.54. The fourth-order valence-electron chi connectivity index (χ4n) is 4.64. The molecular formula is C24H29F4N9O. The lowest BCUT2D eigenvalue weighted by Gasteiger charge is -2.28. The lowest BCUT2D eigenvalue weighted by Crippen LogP contribution is -2.40. The van der Waals surface area contributed by atoms with Gasteiger partial charge in [0, 0.05) is 18.2 Å². The lowest BCUT2D eigenvalue weighted by atomic mass is 10.1. The summed E-state index contributed by atoms with van der Waals surface area (Å²) in [4.78, 5) is 15.0. The molecule has 0 aliphatic carbocycles. The molecule has 0 spiro atoms. The van der Waals surface area contributed by atoms with Crippen molar-refractivity contribution in [2.24, 2.45) is 0 Å². The number of hydrogen-bond acceptors (Lipinski definition) is 8. The van der Waals surface area contributed by atoms with E-state index in [0.29, 0.717) is 53.7 Å². The summed E-state index contributed by atoms with van der Waals surface area (Å²) in [5.74, 6) is -1.22. The number of rotatable bonds is 5. The molecule has 0 bridgehead atoms. The highest BCUT2D eigenvalue weighted by Gasteiger charge is 2.33. The first-order chi connectivity index (χ1) is 18.1. The number of aryl methyl sites for hydroxylation is 1. The molecule has 0 amide bonds. The maximum atomic E-state index is 13.0. The molecule has 2 aliphatic heterocycles. The Labute approximate surface area is 215 Å². The van der Waals surface area contributed by atoms with Crippen LogP contribution >= 0.6 is 0 Å². The fourth-order valence-corrected chi connectivity index (χ4v) is 4.64. The number of nitrogens with two attached hydrogens (primary N) is 1. The Kier molecular flexibility index (Phi) is 7.09. The van der Waals surface area contributed by atoms with Crippen molar-refractivity contribution in [1.29, 1.82) is 0 Å². The minimum Gasteiger partial charge on any atom is -0.377 e. The number of aromatic nitrogens is 6. The third-order valence-electron chi connectivity index (χ3n) is 6.47. The Balaban J connectivity index is 0.000000278. The Hall–Kier alpha value is -3.52. The second kappa shape index (κ2) is 10.3. The van der Waals surface area contributed by atoms with Gasteiger partial charge in [-0.25, -0.2) is 32.0 Å². The molecular weight excluding hydrogens is 506 g/mol. The predicted molar refractivity (Wildman–Crippen MR) is 135 cm³/mol. The smallest absolute Gasteiger partial charge is 0.260 e. The van der Waals surface area contributed by atoms with Gasteiger partial charge in [0.2, 0.25) is 5.95 Å². The van der Waals surface area contributed by atoms with E-state index >= 15 is 0 Å².